The summed E-state index contributed by atoms with van der Waals surface area (Å²) in [6.07, 6.45) is 12.0. The zero-order valence-electron chi connectivity index (χ0n) is 17.9. The average molecular weight is 497 g/mol. The Kier molecular flexibility index (Phi) is 11.1. The molecule has 2 heterocycles. The summed E-state index contributed by atoms with van der Waals surface area (Å²) in [6, 6.07) is 0. The first-order valence-electron chi connectivity index (χ1n) is 10.4. The van der Waals surface area contributed by atoms with Gasteiger partial charge in [0, 0.05) is 24.3 Å². The van der Waals surface area contributed by atoms with Gasteiger partial charge in [0.25, 0.3) is 0 Å². The first kappa shape index (κ1) is 26.7. The summed E-state index contributed by atoms with van der Waals surface area (Å²) < 4.78 is 78.5. The third-order valence-electron chi connectivity index (χ3n) is 4.69. The first-order chi connectivity index (χ1) is 15.1. The zero-order valence-corrected chi connectivity index (χ0v) is 19.6. The van der Waals surface area contributed by atoms with Gasteiger partial charge in [0.05, 0.1) is 46.7 Å². The van der Waals surface area contributed by atoms with Crippen LogP contribution < -0.4 is 9.80 Å². The van der Waals surface area contributed by atoms with Crippen molar-refractivity contribution in [3.05, 3.63) is 24.8 Å². The van der Waals surface area contributed by atoms with Crippen molar-refractivity contribution in [2.45, 2.75) is 12.8 Å². The minimum Gasteiger partial charge on any atom is -0.748 e. The molecule has 0 spiro atoms. The van der Waals surface area contributed by atoms with Crippen molar-refractivity contribution in [3.63, 3.8) is 0 Å². The Morgan fingerprint density at radius 3 is 1.47 bits per heavy atom. The van der Waals surface area contributed by atoms with Gasteiger partial charge in [-0.05, 0) is 0 Å². The van der Waals surface area contributed by atoms with Gasteiger partial charge in [-0.25, -0.2) is 26.6 Å². The summed E-state index contributed by atoms with van der Waals surface area (Å²) in [5.41, 5.74) is 0. The van der Waals surface area contributed by atoms with Gasteiger partial charge < -0.3 is 18.6 Å². The summed E-state index contributed by atoms with van der Waals surface area (Å²) in [7, 11) is -8.32. The number of hydrogen-bond donors (Lipinski definition) is 2. The van der Waals surface area contributed by atoms with Gasteiger partial charge in [0.15, 0.2) is 25.5 Å². The number of nitrogens with zero attached hydrogens (tertiary/aromatic N) is 2. The number of quaternary nitrogens is 2. The molecule has 2 atom stereocenters. The van der Waals surface area contributed by atoms with Crippen LogP contribution >= 0.6 is 0 Å². The van der Waals surface area contributed by atoms with E-state index in [2.05, 4.69) is 0 Å². The summed E-state index contributed by atoms with van der Waals surface area (Å²) >= 11 is 0. The highest BCUT2D eigenvalue weighted by Crippen LogP contribution is 1.91. The van der Waals surface area contributed by atoms with E-state index in [9.17, 15) is 25.9 Å². The van der Waals surface area contributed by atoms with Gasteiger partial charge >= 0.3 is 12.7 Å². The standard InChI is InChI=1S/C18H30N4O8S2/c23-31(24,25)15-1-3-19-5-7-21(17-19)9-11-29-13-14-30-12-10-22-8-6-20(18-22)4-2-16-32(26,27)28/h5-8,17-18H,1-4,9-16H2/p+2. The summed E-state index contributed by atoms with van der Waals surface area (Å²) in [6.45, 7) is 4.49. The Morgan fingerprint density at radius 1 is 0.688 bits per heavy atom. The van der Waals surface area contributed by atoms with Crippen LogP contribution in [0, 0.1) is 0 Å². The molecule has 0 aromatic rings. The molecule has 2 aliphatic heterocycles. The van der Waals surface area contributed by atoms with Gasteiger partial charge in [-0.2, -0.15) is 9.15 Å². The highest BCUT2D eigenvalue weighted by atomic mass is 32.2. The van der Waals surface area contributed by atoms with Crippen molar-refractivity contribution in [2.75, 3.05) is 64.1 Å². The molecule has 0 aromatic heterocycles. The van der Waals surface area contributed by atoms with E-state index in [0.29, 0.717) is 52.4 Å². The highest BCUT2D eigenvalue weighted by Gasteiger charge is 2.18. The summed E-state index contributed by atoms with van der Waals surface area (Å²) in [4.78, 5) is 2.15. The fraction of sp³-hybridized carbons (Fsp3) is 0.667. The topological polar surface area (TPSA) is 148 Å². The van der Waals surface area contributed by atoms with Crippen LogP contribution in [-0.4, -0.2) is 112 Å². The van der Waals surface area contributed by atoms with Crippen LogP contribution in [0.15, 0.2) is 24.8 Å². The molecule has 12 nitrogen and oxygen atoms in total. The molecule has 0 bridgehead atoms. The maximum Gasteiger partial charge on any atom is 0.335 e. The molecule has 0 fully saturated rings. The van der Waals surface area contributed by atoms with Gasteiger partial charge in [-0.3, -0.25) is 0 Å². The van der Waals surface area contributed by atoms with Gasteiger partial charge in [-0.1, -0.05) is 0 Å². The highest BCUT2D eigenvalue weighted by molar-refractivity contribution is 7.85. The molecule has 2 unspecified atom stereocenters. The molecular formula is C18H32N4O8S2+2. The van der Waals surface area contributed by atoms with E-state index in [4.69, 9.17) is 9.47 Å². The SMILES string of the molecule is O=S(=O)([O-])CCC[N+]1=C[NH+](CCOCCOCC[NH+]2C=C[N+](CCCS(=O)(=O)[O-])=C2)C=C1. The molecule has 182 valence electrons. The fourth-order valence-corrected chi connectivity index (χ4v) is 4.07. The van der Waals surface area contributed by atoms with E-state index in [1.54, 1.807) is 0 Å². The van der Waals surface area contributed by atoms with Crippen LogP contribution in [0.5, 0.6) is 0 Å². The van der Waals surface area contributed by atoms with Gasteiger partial charge in [0.1, 0.15) is 13.1 Å². The molecule has 0 saturated heterocycles. The lowest BCUT2D eigenvalue weighted by Gasteiger charge is -2.07. The van der Waals surface area contributed by atoms with Crippen LogP contribution in [-0.2, 0) is 29.7 Å². The number of rotatable bonds is 17. The van der Waals surface area contributed by atoms with E-state index in [0.717, 1.165) is 22.9 Å². The molecule has 0 radical (unpaired) electrons. The Labute approximate surface area is 189 Å². The fourth-order valence-electron chi connectivity index (χ4n) is 3.10. The second-order valence-corrected chi connectivity index (χ2v) is 10.5. The predicted molar refractivity (Wildman–Crippen MR) is 112 cm³/mol. The van der Waals surface area contributed by atoms with E-state index in [1.807, 2.05) is 46.6 Å². The lowest BCUT2D eigenvalue weighted by Crippen LogP contribution is -3.06. The first-order valence-corrected chi connectivity index (χ1v) is 13.6. The molecule has 0 saturated carbocycles. The van der Waals surface area contributed by atoms with E-state index in [-0.39, 0.29) is 11.5 Å². The molecule has 2 rings (SSSR count). The Hall–Kier alpha value is -1.52. The van der Waals surface area contributed by atoms with E-state index < -0.39 is 20.2 Å². The molecule has 0 amide bonds. The van der Waals surface area contributed by atoms with Crippen LogP contribution in [0.3, 0.4) is 0 Å². The minimum atomic E-state index is -4.16. The Morgan fingerprint density at radius 2 is 1.09 bits per heavy atom. The predicted octanol–water partition coefficient (Wildman–Crippen LogP) is -4.29. The molecule has 0 aromatic carbocycles. The largest absolute Gasteiger partial charge is 0.748 e. The van der Waals surface area contributed by atoms with E-state index >= 15 is 0 Å². The third-order valence-corrected chi connectivity index (χ3v) is 6.26. The zero-order chi connectivity index (χ0) is 23.5. The number of hydrogen-bond acceptors (Lipinski definition) is 8. The van der Waals surface area contributed by atoms with Crippen molar-refractivity contribution in [3.8, 4) is 0 Å². The Bertz CT molecular complexity index is 853. The average Bonchev–Trinajstić information content (AvgIpc) is 3.31. The monoisotopic (exact) mass is 496 g/mol. The van der Waals surface area contributed by atoms with Crippen molar-refractivity contribution >= 4 is 32.9 Å². The lowest BCUT2D eigenvalue weighted by molar-refractivity contribution is -0.751. The van der Waals surface area contributed by atoms with Crippen LogP contribution in [0.25, 0.3) is 0 Å². The van der Waals surface area contributed by atoms with Crippen LogP contribution in [0.1, 0.15) is 12.8 Å². The van der Waals surface area contributed by atoms with Crippen molar-refractivity contribution in [1.29, 1.82) is 0 Å². The number of ether oxygens (including phenoxy) is 2. The van der Waals surface area contributed by atoms with Gasteiger partial charge in [-0.15, -0.1) is 0 Å². The molecule has 32 heavy (non-hydrogen) atoms. The van der Waals surface area contributed by atoms with Crippen molar-refractivity contribution in [1.82, 2.24) is 0 Å². The Balaban J connectivity index is 1.45. The van der Waals surface area contributed by atoms with Crippen LogP contribution in [0.2, 0.25) is 0 Å². The second-order valence-electron chi connectivity index (χ2n) is 7.47. The normalized spacial score (nSPS) is 20.7. The number of nitrogens with one attached hydrogen (secondary N) is 2. The molecule has 2 N–H and O–H groups in total. The van der Waals surface area contributed by atoms with Crippen molar-refractivity contribution in [2.24, 2.45) is 0 Å². The lowest BCUT2D eigenvalue weighted by atomic mass is 10.5. The minimum absolute atomic E-state index is 0.296. The molecule has 0 aliphatic carbocycles. The second kappa shape index (κ2) is 13.3. The smallest absolute Gasteiger partial charge is 0.335 e. The maximum atomic E-state index is 10.6. The summed E-state index contributed by atoms with van der Waals surface area (Å²) in [5, 5.41) is 0. The van der Waals surface area contributed by atoms with Crippen LogP contribution in [0.4, 0.5) is 0 Å². The maximum absolute atomic E-state index is 10.6. The summed E-state index contributed by atoms with van der Waals surface area (Å²) in [5.74, 6) is -0.713. The quantitative estimate of drug-likeness (QED) is 0.117. The molecule has 14 heteroatoms. The molecular weight excluding hydrogens is 464 g/mol. The van der Waals surface area contributed by atoms with Gasteiger partial charge in [0.2, 0.25) is 12.4 Å². The third kappa shape index (κ3) is 12.5. The van der Waals surface area contributed by atoms with E-state index in [1.165, 1.54) is 0 Å². The molecule has 2 aliphatic rings. The van der Waals surface area contributed by atoms with Crippen molar-refractivity contribution < 1.29 is 54.4 Å².